The molecule has 35 heavy (non-hydrogen) atoms. The van der Waals surface area contributed by atoms with Crippen LogP contribution in [0.4, 0.5) is 5.82 Å². The van der Waals surface area contributed by atoms with Gasteiger partial charge in [-0.1, -0.05) is 19.8 Å². The summed E-state index contributed by atoms with van der Waals surface area (Å²) in [6, 6.07) is 2.54. The first-order chi connectivity index (χ1) is 16.7. The molecule has 1 saturated heterocycles. The Morgan fingerprint density at radius 1 is 1.23 bits per heavy atom. The Morgan fingerprint density at radius 3 is 2.69 bits per heavy atom. The van der Waals surface area contributed by atoms with E-state index in [-0.39, 0.29) is 53.7 Å². The minimum Gasteiger partial charge on any atom is -0.469 e. The van der Waals surface area contributed by atoms with E-state index in [2.05, 4.69) is 15.6 Å². The van der Waals surface area contributed by atoms with Gasteiger partial charge in [0.05, 0.1) is 19.6 Å². The van der Waals surface area contributed by atoms with E-state index in [1.165, 1.54) is 20.2 Å². The minimum atomic E-state index is -0.577. The van der Waals surface area contributed by atoms with E-state index < -0.39 is 11.8 Å². The lowest BCUT2D eigenvalue weighted by Crippen LogP contribution is -2.51. The minimum absolute atomic E-state index is 0.108. The van der Waals surface area contributed by atoms with Crippen molar-refractivity contribution in [3.05, 3.63) is 23.9 Å². The second-order valence-electron chi connectivity index (χ2n) is 9.35. The molecule has 2 fully saturated rings. The van der Waals surface area contributed by atoms with E-state index in [1.807, 2.05) is 6.92 Å². The number of nitrogens with one attached hydrogen (secondary N) is 3. The Hall–Kier alpha value is -3.30. The highest BCUT2D eigenvalue weighted by Crippen LogP contribution is 2.29. The molecule has 10 nitrogen and oxygen atoms in total. The molecule has 10 heteroatoms. The number of aromatic nitrogens is 1. The smallest absolute Gasteiger partial charge is 0.308 e. The summed E-state index contributed by atoms with van der Waals surface area (Å²) in [7, 11) is 1.38. The number of carbonyl (C=O) groups excluding carboxylic acids is 4. The van der Waals surface area contributed by atoms with Gasteiger partial charge in [0.15, 0.2) is 5.78 Å². The first-order valence-corrected chi connectivity index (χ1v) is 12.2. The van der Waals surface area contributed by atoms with Crippen LogP contribution in [0.2, 0.25) is 0 Å². The first kappa shape index (κ1) is 26.3. The van der Waals surface area contributed by atoms with Gasteiger partial charge < -0.3 is 20.3 Å². The number of pyridine rings is 1. The lowest BCUT2D eigenvalue weighted by Gasteiger charge is -2.31. The molecule has 0 spiro atoms. The maximum Gasteiger partial charge on any atom is 0.308 e. The number of ether oxygens (including phenoxy) is 1. The Morgan fingerprint density at radius 2 is 2.00 bits per heavy atom. The molecule has 4 atom stereocenters. The van der Waals surface area contributed by atoms with Gasteiger partial charge in [0.25, 0.3) is 0 Å². The third-order valence-electron chi connectivity index (χ3n) is 6.98. The second kappa shape index (κ2) is 11.9. The third kappa shape index (κ3) is 6.43. The Balaban J connectivity index is 1.65. The van der Waals surface area contributed by atoms with Crippen molar-refractivity contribution < 1.29 is 23.9 Å². The van der Waals surface area contributed by atoms with Crippen LogP contribution >= 0.6 is 0 Å². The molecule has 0 radical (unpaired) electrons. The van der Waals surface area contributed by atoms with E-state index in [9.17, 15) is 19.2 Å². The fraction of sp³-hybridized carbons (Fsp3) is 0.600. The van der Waals surface area contributed by atoms with Gasteiger partial charge in [0, 0.05) is 31.3 Å². The summed E-state index contributed by atoms with van der Waals surface area (Å²) < 4.78 is 4.87. The zero-order valence-electron chi connectivity index (χ0n) is 20.6. The van der Waals surface area contributed by atoms with E-state index in [0.29, 0.717) is 24.9 Å². The zero-order chi connectivity index (χ0) is 25.5. The van der Waals surface area contributed by atoms with Gasteiger partial charge in [-0.25, -0.2) is 4.98 Å². The SMILES string of the molecule is CCC1CC(C(=O)NC2CCCC(C(=O)OC)C2)N(C(=O)CNc2ncccc2C(=N)C(C)=O)C1. The van der Waals surface area contributed by atoms with Gasteiger partial charge in [0.2, 0.25) is 11.8 Å². The van der Waals surface area contributed by atoms with Gasteiger partial charge in [-0.2, -0.15) is 0 Å². The average Bonchev–Trinajstić information content (AvgIpc) is 3.31. The number of anilines is 1. The van der Waals surface area contributed by atoms with Gasteiger partial charge in [-0.15, -0.1) is 0 Å². The number of nitrogens with zero attached hydrogens (tertiary/aromatic N) is 2. The maximum atomic E-state index is 13.2. The van der Waals surface area contributed by atoms with E-state index in [1.54, 1.807) is 17.0 Å². The number of rotatable bonds is 9. The van der Waals surface area contributed by atoms with Crippen LogP contribution in [0.25, 0.3) is 0 Å². The van der Waals surface area contributed by atoms with Crippen molar-refractivity contribution in [2.75, 3.05) is 25.5 Å². The van der Waals surface area contributed by atoms with Crippen molar-refractivity contribution >= 4 is 35.1 Å². The molecule has 190 valence electrons. The highest BCUT2D eigenvalue weighted by atomic mass is 16.5. The molecule has 3 rings (SSSR count). The normalized spacial score (nSPS) is 23.9. The van der Waals surface area contributed by atoms with Crippen LogP contribution in [0.1, 0.15) is 57.9 Å². The average molecular weight is 486 g/mol. The molecule has 1 aliphatic carbocycles. The summed E-state index contributed by atoms with van der Waals surface area (Å²) in [5.74, 6) is -0.791. The number of esters is 1. The Kier molecular flexibility index (Phi) is 8.95. The second-order valence-corrected chi connectivity index (χ2v) is 9.35. The molecule has 3 N–H and O–H groups in total. The number of ketones is 1. The number of likely N-dealkylation sites (tertiary alicyclic amines) is 1. The van der Waals surface area contributed by atoms with Gasteiger partial charge in [0.1, 0.15) is 17.6 Å². The van der Waals surface area contributed by atoms with E-state index >= 15 is 0 Å². The van der Waals surface area contributed by atoms with Crippen LogP contribution in [0.15, 0.2) is 18.3 Å². The van der Waals surface area contributed by atoms with Crippen LogP contribution in [0, 0.1) is 17.2 Å². The molecule has 4 unspecified atom stereocenters. The molecule has 0 bridgehead atoms. The van der Waals surface area contributed by atoms with Crippen LogP contribution in [-0.2, 0) is 23.9 Å². The summed E-state index contributed by atoms with van der Waals surface area (Å²) in [4.78, 5) is 55.7. The largest absolute Gasteiger partial charge is 0.469 e. The standard InChI is InChI=1S/C25H35N5O5/c1-4-16-11-20(24(33)29-18-8-5-7-17(12-18)25(34)35-3)30(14-16)21(32)13-28-23-19(9-6-10-27-23)22(26)15(2)31/h6,9-10,16-18,20,26H,4-5,7-8,11-14H2,1-3H3,(H,27,28)(H,29,33). The predicted molar refractivity (Wildman–Crippen MR) is 130 cm³/mol. The Labute approximate surface area is 205 Å². The summed E-state index contributed by atoms with van der Waals surface area (Å²) in [6.07, 6.45) is 5.90. The lowest BCUT2D eigenvalue weighted by molar-refractivity contribution is -0.147. The van der Waals surface area contributed by atoms with Gasteiger partial charge >= 0.3 is 5.97 Å². The predicted octanol–water partition coefficient (Wildman–Crippen LogP) is 1.93. The maximum absolute atomic E-state index is 13.2. The van der Waals surface area contributed by atoms with E-state index in [0.717, 1.165) is 25.7 Å². The van der Waals surface area contributed by atoms with Crippen LogP contribution in [0.5, 0.6) is 0 Å². The number of hydrogen-bond donors (Lipinski definition) is 3. The van der Waals surface area contributed by atoms with Crippen LogP contribution in [-0.4, -0.2) is 71.4 Å². The quantitative estimate of drug-likeness (QED) is 0.358. The highest BCUT2D eigenvalue weighted by Gasteiger charge is 2.40. The molecule has 2 amide bonds. The number of hydrogen-bond acceptors (Lipinski definition) is 8. The molecule has 2 aliphatic rings. The third-order valence-corrected chi connectivity index (χ3v) is 6.98. The molecular weight excluding hydrogens is 450 g/mol. The van der Waals surface area contributed by atoms with Crippen molar-refractivity contribution in [1.29, 1.82) is 5.41 Å². The summed E-state index contributed by atoms with van der Waals surface area (Å²) in [5, 5.41) is 14.0. The summed E-state index contributed by atoms with van der Waals surface area (Å²) in [6.45, 7) is 3.73. The Bertz CT molecular complexity index is 981. The topological polar surface area (TPSA) is 142 Å². The van der Waals surface area contributed by atoms with Crippen molar-refractivity contribution in [2.24, 2.45) is 11.8 Å². The summed E-state index contributed by atoms with van der Waals surface area (Å²) >= 11 is 0. The molecule has 2 heterocycles. The fourth-order valence-electron chi connectivity index (χ4n) is 4.94. The molecule has 1 aromatic heterocycles. The van der Waals surface area contributed by atoms with Crippen molar-refractivity contribution in [3.8, 4) is 0 Å². The summed E-state index contributed by atoms with van der Waals surface area (Å²) in [5.41, 5.74) is 0.141. The number of amides is 2. The first-order valence-electron chi connectivity index (χ1n) is 12.2. The van der Waals surface area contributed by atoms with Crippen LogP contribution < -0.4 is 10.6 Å². The lowest BCUT2D eigenvalue weighted by atomic mass is 9.85. The zero-order valence-corrected chi connectivity index (χ0v) is 20.6. The van der Waals surface area contributed by atoms with E-state index in [4.69, 9.17) is 10.1 Å². The monoisotopic (exact) mass is 485 g/mol. The number of carbonyl (C=O) groups is 4. The highest BCUT2D eigenvalue weighted by molar-refractivity contribution is 6.45. The molecule has 1 aliphatic heterocycles. The fourth-order valence-corrected chi connectivity index (χ4v) is 4.94. The molecular formula is C25H35N5O5. The number of Topliss-reactive ketones (excluding diaryl/α,β-unsaturated/α-hetero) is 1. The van der Waals surface area contributed by atoms with Crippen molar-refractivity contribution in [2.45, 2.75) is 64.5 Å². The molecule has 1 saturated carbocycles. The molecule has 1 aromatic rings. The molecule has 0 aromatic carbocycles. The number of methoxy groups -OCH3 is 1. The van der Waals surface area contributed by atoms with Crippen molar-refractivity contribution in [1.82, 2.24) is 15.2 Å². The van der Waals surface area contributed by atoms with Crippen molar-refractivity contribution in [3.63, 3.8) is 0 Å². The van der Waals surface area contributed by atoms with Gasteiger partial charge in [-0.05, 0) is 43.7 Å². The van der Waals surface area contributed by atoms with Crippen LogP contribution in [0.3, 0.4) is 0 Å². The van der Waals surface area contributed by atoms with Gasteiger partial charge in [-0.3, -0.25) is 24.6 Å².